The first-order valence-electron chi connectivity index (χ1n) is 3.44. The molecular weight excluding hydrogens is 160 g/mol. The molecule has 11 heavy (non-hydrogen) atoms. The Hall–Kier alpha value is -0.770. The Balaban J connectivity index is 2.70. The van der Waals surface area contributed by atoms with Gasteiger partial charge in [-0.25, -0.2) is 4.79 Å². The summed E-state index contributed by atoms with van der Waals surface area (Å²) in [6, 6.07) is 0. The van der Waals surface area contributed by atoms with Crippen molar-refractivity contribution in [3.8, 4) is 0 Å². The quantitative estimate of drug-likeness (QED) is 0.624. The second kappa shape index (κ2) is 2.37. The average Bonchev–Trinajstić information content (AvgIpc) is 2.34. The molecule has 0 saturated carbocycles. The average molecular weight is 168 g/mol. The molecule has 0 fully saturated rings. The number of nitrogens with zero attached hydrogens (tertiary/aromatic N) is 1. The van der Waals surface area contributed by atoms with Crippen LogP contribution in [0.1, 0.15) is 17.0 Å². The molecule has 3 nitrogen and oxygen atoms in total. The van der Waals surface area contributed by atoms with Gasteiger partial charge in [-0.15, -0.1) is 0 Å². The first kappa shape index (κ1) is 6.91. The van der Waals surface area contributed by atoms with Crippen LogP contribution in [-0.2, 0) is 11.5 Å². The van der Waals surface area contributed by atoms with E-state index in [4.69, 9.17) is 0 Å². The SMILES string of the molecule is Cc1[nH]c(=O)nc2c1CSC2. The minimum atomic E-state index is -0.219. The molecule has 0 radical (unpaired) electrons. The number of hydrogen-bond acceptors (Lipinski definition) is 3. The number of hydrogen-bond donors (Lipinski definition) is 1. The number of fused-ring (bicyclic) bond motifs is 1. The van der Waals surface area contributed by atoms with E-state index in [-0.39, 0.29) is 5.69 Å². The fourth-order valence-corrected chi connectivity index (χ4v) is 2.35. The Labute approximate surface area is 68.2 Å². The molecule has 0 saturated heterocycles. The molecule has 1 aliphatic rings. The van der Waals surface area contributed by atoms with Crippen LogP contribution in [0.3, 0.4) is 0 Å². The molecule has 0 spiro atoms. The van der Waals surface area contributed by atoms with Crippen LogP contribution in [0, 0.1) is 6.92 Å². The number of H-pyrrole nitrogens is 1. The zero-order valence-electron chi connectivity index (χ0n) is 6.18. The van der Waals surface area contributed by atoms with Crippen molar-refractivity contribution in [3.05, 3.63) is 27.4 Å². The molecule has 2 heterocycles. The Kier molecular flexibility index (Phi) is 1.49. The van der Waals surface area contributed by atoms with Gasteiger partial charge in [0.1, 0.15) is 0 Å². The maximum absolute atomic E-state index is 10.9. The summed E-state index contributed by atoms with van der Waals surface area (Å²) >= 11 is 1.80. The molecule has 4 heteroatoms. The molecule has 1 N–H and O–H groups in total. The lowest BCUT2D eigenvalue weighted by molar-refractivity contribution is 0.959. The molecular formula is C7H8N2OS. The molecule has 2 rings (SSSR count). The first-order valence-corrected chi connectivity index (χ1v) is 4.59. The van der Waals surface area contributed by atoms with Gasteiger partial charge < -0.3 is 4.98 Å². The van der Waals surface area contributed by atoms with Crippen molar-refractivity contribution in [1.82, 2.24) is 9.97 Å². The second-order valence-corrected chi connectivity index (χ2v) is 3.57. The fourth-order valence-electron chi connectivity index (χ4n) is 1.23. The zero-order valence-corrected chi connectivity index (χ0v) is 6.99. The van der Waals surface area contributed by atoms with Crippen LogP contribution in [-0.4, -0.2) is 9.97 Å². The molecule has 1 aromatic rings. The second-order valence-electron chi connectivity index (χ2n) is 2.59. The molecule has 0 bridgehead atoms. The summed E-state index contributed by atoms with van der Waals surface area (Å²) in [5, 5.41) is 0. The summed E-state index contributed by atoms with van der Waals surface area (Å²) in [7, 11) is 0. The highest BCUT2D eigenvalue weighted by Gasteiger charge is 2.15. The molecule has 0 aromatic carbocycles. The van der Waals surface area contributed by atoms with Gasteiger partial charge in [0.15, 0.2) is 0 Å². The Morgan fingerprint density at radius 2 is 2.36 bits per heavy atom. The van der Waals surface area contributed by atoms with E-state index in [9.17, 15) is 4.79 Å². The van der Waals surface area contributed by atoms with Crippen molar-refractivity contribution in [1.29, 1.82) is 0 Å². The molecule has 1 aliphatic heterocycles. The monoisotopic (exact) mass is 168 g/mol. The van der Waals surface area contributed by atoms with Crippen LogP contribution in [0.4, 0.5) is 0 Å². The van der Waals surface area contributed by atoms with Crippen molar-refractivity contribution in [2.45, 2.75) is 18.4 Å². The first-order chi connectivity index (χ1) is 5.27. The Bertz CT molecular complexity index is 345. The third kappa shape index (κ3) is 1.07. The smallest absolute Gasteiger partial charge is 0.310 e. The van der Waals surface area contributed by atoms with E-state index < -0.39 is 0 Å². The summed E-state index contributed by atoms with van der Waals surface area (Å²) in [5.74, 6) is 1.88. The number of aromatic amines is 1. The van der Waals surface area contributed by atoms with Crippen molar-refractivity contribution >= 4 is 11.8 Å². The number of aryl methyl sites for hydroxylation is 1. The maximum atomic E-state index is 10.9. The predicted octanol–water partition coefficient (Wildman–Crippen LogP) is 0.825. The van der Waals surface area contributed by atoms with E-state index in [1.807, 2.05) is 6.92 Å². The van der Waals surface area contributed by atoms with Crippen LogP contribution in [0.2, 0.25) is 0 Å². The maximum Gasteiger partial charge on any atom is 0.345 e. The highest BCUT2D eigenvalue weighted by Crippen LogP contribution is 2.28. The summed E-state index contributed by atoms with van der Waals surface area (Å²) in [6.45, 7) is 1.92. The zero-order chi connectivity index (χ0) is 7.84. The van der Waals surface area contributed by atoms with E-state index >= 15 is 0 Å². The molecule has 58 valence electrons. The van der Waals surface area contributed by atoms with Gasteiger partial charge in [0.2, 0.25) is 0 Å². The molecule has 0 unspecified atom stereocenters. The third-order valence-corrected chi connectivity index (χ3v) is 2.79. The van der Waals surface area contributed by atoms with Gasteiger partial charge in [-0.1, -0.05) is 0 Å². The van der Waals surface area contributed by atoms with Crippen LogP contribution >= 0.6 is 11.8 Å². The topological polar surface area (TPSA) is 45.8 Å². The highest BCUT2D eigenvalue weighted by atomic mass is 32.2. The highest BCUT2D eigenvalue weighted by molar-refractivity contribution is 7.98. The lowest BCUT2D eigenvalue weighted by Crippen LogP contribution is -2.14. The summed E-state index contributed by atoms with van der Waals surface area (Å²) < 4.78 is 0. The third-order valence-electron chi connectivity index (χ3n) is 1.82. The summed E-state index contributed by atoms with van der Waals surface area (Å²) in [6.07, 6.45) is 0. The van der Waals surface area contributed by atoms with Crippen LogP contribution in [0.15, 0.2) is 4.79 Å². The van der Waals surface area contributed by atoms with Gasteiger partial charge in [0.25, 0.3) is 0 Å². The van der Waals surface area contributed by atoms with Crippen molar-refractivity contribution in [2.75, 3.05) is 0 Å². The Morgan fingerprint density at radius 1 is 1.55 bits per heavy atom. The van der Waals surface area contributed by atoms with Gasteiger partial charge in [0, 0.05) is 22.8 Å². The minimum Gasteiger partial charge on any atom is -0.310 e. The van der Waals surface area contributed by atoms with E-state index in [2.05, 4.69) is 9.97 Å². The van der Waals surface area contributed by atoms with E-state index in [0.717, 1.165) is 22.9 Å². The molecule has 0 atom stereocenters. The van der Waals surface area contributed by atoms with Gasteiger partial charge in [-0.2, -0.15) is 16.7 Å². The normalized spacial score (nSPS) is 15.0. The molecule has 0 aliphatic carbocycles. The van der Waals surface area contributed by atoms with Gasteiger partial charge in [0.05, 0.1) is 5.69 Å². The predicted molar refractivity (Wildman–Crippen MR) is 44.6 cm³/mol. The van der Waals surface area contributed by atoms with Gasteiger partial charge in [-0.3, -0.25) is 0 Å². The summed E-state index contributed by atoms with van der Waals surface area (Å²) in [5.41, 5.74) is 2.94. The lowest BCUT2D eigenvalue weighted by atomic mass is 10.2. The number of rotatable bonds is 0. The van der Waals surface area contributed by atoms with Crippen molar-refractivity contribution in [3.63, 3.8) is 0 Å². The Morgan fingerprint density at radius 3 is 3.18 bits per heavy atom. The van der Waals surface area contributed by atoms with Crippen molar-refractivity contribution < 1.29 is 0 Å². The minimum absolute atomic E-state index is 0.219. The number of thioether (sulfide) groups is 1. The van der Waals surface area contributed by atoms with E-state index in [1.54, 1.807) is 11.8 Å². The van der Waals surface area contributed by atoms with E-state index in [0.29, 0.717) is 0 Å². The number of aromatic nitrogens is 2. The fraction of sp³-hybridized carbons (Fsp3) is 0.429. The van der Waals surface area contributed by atoms with Gasteiger partial charge in [-0.05, 0) is 6.92 Å². The molecule has 1 aromatic heterocycles. The van der Waals surface area contributed by atoms with Crippen LogP contribution in [0.5, 0.6) is 0 Å². The van der Waals surface area contributed by atoms with Crippen LogP contribution in [0.25, 0.3) is 0 Å². The van der Waals surface area contributed by atoms with Crippen LogP contribution < -0.4 is 5.69 Å². The molecule has 0 amide bonds. The standard InChI is InChI=1S/C7H8N2OS/c1-4-5-2-11-3-6(5)9-7(10)8-4/h2-3H2,1H3,(H,8,9,10). The lowest BCUT2D eigenvalue weighted by Gasteiger charge is -1.98. The van der Waals surface area contributed by atoms with Crippen molar-refractivity contribution in [2.24, 2.45) is 0 Å². The largest absolute Gasteiger partial charge is 0.345 e. The van der Waals surface area contributed by atoms with Gasteiger partial charge >= 0.3 is 5.69 Å². The number of nitrogens with one attached hydrogen (secondary N) is 1. The van der Waals surface area contributed by atoms with E-state index in [1.165, 1.54) is 5.56 Å². The summed E-state index contributed by atoms with van der Waals surface area (Å²) in [4.78, 5) is 17.4.